The van der Waals surface area contributed by atoms with Gasteiger partial charge in [-0.2, -0.15) is 0 Å². The fraction of sp³-hybridized carbons (Fsp3) is 0.222. The fourth-order valence-electron chi connectivity index (χ4n) is 2.38. The Kier molecular flexibility index (Phi) is 4.00. The average Bonchev–Trinajstić information content (AvgIpc) is 2.93. The number of nitrogens with zero attached hydrogens (tertiary/aromatic N) is 2. The summed E-state index contributed by atoms with van der Waals surface area (Å²) in [6.45, 7) is 4.09. The van der Waals surface area contributed by atoms with Gasteiger partial charge in [0.05, 0.1) is 5.56 Å². The maximum absolute atomic E-state index is 13.1. The third-order valence-corrected chi connectivity index (χ3v) is 3.56. The van der Waals surface area contributed by atoms with Gasteiger partial charge < -0.3 is 4.42 Å². The van der Waals surface area contributed by atoms with Gasteiger partial charge in [0.1, 0.15) is 17.3 Å². The molecule has 0 atom stereocenters. The van der Waals surface area contributed by atoms with Crippen molar-refractivity contribution in [3.05, 3.63) is 59.9 Å². The number of aryl methyl sites for hydroxylation is 2. The first kappa shape index (κ1) is 14.4. The maximum atomic E-state index is 13.1. The van der Waals surface area contributed by atoms with Crippen LogP contribution in [-0.2, 0) is 6.42 Å². The average molecular weight is 296 g/mol. The quantitative estimate of drug-likeness (QED) is 0.694. The molecule has 2 aromatic heterocycles. The molecule has 0 radical (unpaired) electrons. The first-order valence-electron chi connectivity index (χ1n) is 7.35. The molecule has 0 N–H and O–H groups in total. The van der Waals surface area contributed by atoms with E-state index < -0.39 is 0 Å². The van der Waals surface area contributed by atoms with Gasteiger partial charge in [-0.05, 0) is 49.2 Å². The number of pyridine rings is 1. The summed E-state index contributed by atoms with van der Waals surface area (Å²) < 4.78 is 19.1. The van der Waals surface area contributed by atoms with Gasteiger partial charge >= 0.3 is 0 Å². The number of benzene rings is 1. The van der Waals surface area contributed by atoms with Gasteiger partial charge in [0, 0.05) is 24.4 Å². The van der Waals surface area contributed by atoms with Gasteiger partial charge in [0.2, 0.25) is 5.89 Å². The van der Waals surface area contributed by atoms with E-state index in [9.17, 15) is 4.39 Å². The van der Waals surface area contributed by atoms with Crippen LogP contribution in [0.1, 0.15) is 24.7 Å². The van der Waals surface area contributed by atoms with E-state index in [2.05, 4.69) is 16.9 Å². The highest BCUT2D eigenvalue weighted by atomic mass is 19.1. The SMILES string of the molecule is CCCc1oc(-c2cnccc2C)nc1-c1ccc(F)cc1. The third kappa shape index (κ3) is 2.77. The molecule has 0 bridgehead atoms. The van der Waals surface area contributed by atoms with Crippen LogP contribution in [0.3, 0.4) is 0 Å². The second-order valence-corrected chi connectivity index (χ2v) is 5.24. The number of aromatic nitrogens is 2. The van der Waals surface area contributed by atoms with Gasteiger partial charge in [0.15, 0.2) is 0 Å². The molecule has 0 saturated carbocycles. The lowest BCUT2D eigenvalue weighted by molar-refractivity contribution is 0.515. The number of rotatable bonds is 4. The topological polar surface area (TPSA) is 38.9 Å². The Bertz CT molecular complexity index is 778. The van der Waals surface area contributed by atoms with Crippen molar-refractivity contribution < 1.29 is 8.81 Å². The molecule has 0 amide bonds. The molecule has 1 aromatic carbocycles. The molecule has 22 heavy (non-hydrogen) atoms. The summed E-state index contributed by atoms with van der Waals surface area (Å²) in [4.78, 5) is 8.77. The van der Waals surface area contributed by atoms with Gasteiger partial charge in [-0.1, -0.05) is 6.92 Å². The molecule has 4 heteroatoms. The van der Waals surface area contributed by atoms with Crippen molar-refractivity contribution in [1.29, 1.82) is 0 Å². The van der Waals surface area contributed by atoms with E-state index in [-0.39, 0.29) is 5.82 Å². The Morgan fingerprint density at radius 3 is 2.59 bits per heavy atom. The summed E-state index contributed by atoms with van der Waals surface area (Å²) in [6, 6.07) is 8.26. The predicted octanol–water partition coefficient (Wildman–Crippen LogP) is 4.80. The van der Waals surface area contributed by atoms with E-state index in [1.54, 1.807) is 24.5 Å². The standard InChI is InChI=1S/C18H17FN2O/c1-3-4-16-17(13-5-7-14(19)8-6-13)21-18(22-16)15-11-20-10-9-12(15)2/h5-11H,3-4H2,1-2H3. The monoisotopic (exact) mass is 296 g/mol. The zero-order valence-corrected chi connectivity index (χ0v) is 12.6. The van der Waals surface area contributed by atoms with Crippen LogP contribution in [0.15, 0.2) is 47.1 Å². The van der Waals surface area contributed by atoms with Crippen LogP contribution in [0, 0.1) is 12.7 Å². The Labute approximate surface area is 128 Å². The molecule has 0 spiro atoms. The highest BCUT2D eigenvalue weighted by Gasteiger charge is 2.17. The Balaban J connectivity index is 2.10. The predicted molar refractivity (Wildman–Crippen MR) is 83.9 cm³/mol. The van der Waals surface area contributed by atoms with Crippen molar-refractivity contribution in [2.24, 2.45) is 0 Å². The molecule has 0 aliphatic carbocycles. The van der Waals surface area contributed by atoms with Crippen molar-refractivity contribution in [3.63, 3.8) is 0 Å². The molecule has 0 aliphatic heterocycles. The smallest absolute Gasteiger partial charge is 0.228 e. The van der Waals surface area contributed by atoms with Crippen LogP contribution < -0.4 is 0 Å². The van der Waals surface area contributed by atoms with E-state index in [4.69, 9.17) is 4.42 Å². The highest BCUT2D eigenvalue weighted by molar-refractivity contribution is 5.66. The van der Waals surface area contributed by atoms with Gasteiger partial charge in [-0.15, -0.1) is 0 Å². The minimum absolute atomic E-state index is 0.257. The first-order valence-corrected chi connectivity index (χ1v) is 7.35. The largest absolute Gasteiger partial charge is 0.440 e. The first-order chi connectivity index (χ1) is 10.7. The second kappa shape index (κ2) is 6.10. The second-order valence-electron chi connectivity index (χ2n) is 5.24. The van der Waals surface area contributed by atoms with Crippen LogP contribution in [0.5, 0.6) is 0 Å². The number of oxazole rings is 1. The maximum Gasteiger partial charge on any atom is 0.228 e. The zero-order valence-electron chi connectivity index (χ0n) is 12.6. The zero-order chi connectivity index (χ0) is 15.5. The van der Waals surface area contributed by atoms with Crippen LogP contribution >= 0.6 is 0 Å². The van der Waals surface area contributed by atoms with Gasteiger partial charge in [-0.3, -0.25) is 4.98 Å². The molecular formula is C18H17FN2O. The van der Waals surface area contributed by atoms with Crippen molar-refractivity contribution in [2.75, 3.05) is 0 Å². The minimum atomic E-state index is -0.257. The molecule has 0 saturated heterocycles. The van der Waals surface area contributed by atoms with Gasteiger partial charge in [0.25, 0.3) is 0 Å². The summed E-state index contributed by atoms with van der Waals surface area (Å²) >= 11 is 0. The van der Waals surface area contributed by atoms with Gasteiger partial charge in [-0.25, -0.2) is 9.37 Å². The third-order valence-electron chi connectivity index (χ3n) is 3.56. The molecular weight excluding hydrogens is 279 g/mol. The lowest BCUT2D eigenvalue weighted by Crippen LogP contribution is -1.87. The Morgan fingerprint density at radius 1 is 1.14 bits per heavy atom. The molecule has 3 aromatic rings. The van der Waals surface area contributed by atoms with E-state index in [1.807, 2.05) is 13.0 Å². The summed E-state index contributed by atoms with van der Waals surface area (Å²) in [7, 11) is 0. The minimum Gasteiger partial charge on any atom is -0.440 e. The van der Waals surface area contributed by atoms with E-state index in [0.717, 1.165) is 41.0 Å². The Hall–Kier alpha value is -2.49. The van der Waals surface area contributed by atoms with Crippen LogP contribution in [0.2, 0.25) is 0 Å². The van der Waals surface area contributed by atoms with Crippen LogP contribution in [-0.4, -0.2) is 9.97 Å². The summed E-state index contributed by atoms with van der Waals surface area (Å²) in [6.07, 6.45) is 5.24. The van der Waals surface area contributed by atoms with Crippen molar-refractivity contribution in [3.8, 4) is 22.7 Å². The Morgan fingerprint density at radius 2 is 1.91 bits per heavy atom. The van der Waals surface area contributed by atoms with Crippen molar-refractivity contribution >= 4 is 0 Å². The molecule has 0 unspecified atom stereocenters. The van der Waals surface area contributed by atoms with Crippen molar-refractivity contribution in [2.45, 2.75) is 26.7 Å². The molecule has 0 aliphatic rings. The normalized spacial score (nSPS) is 10.9. The van der Waals surface area contributed by atoms with E-state index in [1.165, 1.54) is 12.1 Å². The molecule has 112 valence electrons. The summed E-state index contributed by atoms with van der Waals surface area (Å²) in [5.74, 6) is 1.13. The van der Waals surface area contributed by atoms with E-state index in [0.29, 0.717) is 5.89 Å². The number of halogens is 1. The molecule has 2 heterocycles. The lowest BCUT2D eigenvalue weighted by atomic mass is 10.1. The van der Waals surface area contributed by atoms with Crippen molar-refractivity contribution in [1.82, 2.24) is 9.97 Å². The molecule has 3 nitrogen and oxygen atoms in total. The van der Waals surface area contributed by atoms with Crippen LogP contribution in [0.25, 0.3) is 22.7 Å². The number of hydrogen-bond donors (Lipinski definition) is 0. The summed E-state index contributed by atoms with van der Waals surface area (Å²) in [5.41, 5.74) is 3.58. The highest BCUT2D eigenvalue weighted by Crippen LogP contribution is 2.31. The van der Waals surface area contributed by atoms with E-state index >= 15 is 0 Å². The summed E-state index contributed by atoms with van der Waals surface area (Å²) in [5, 5.41) is 0. The molecule has 0 fully saturated rings. The number of hydrogen-bond acceptors (Lipinski definition) is 3. The lowest BCUT2D eigenvalue weighted by Gasteiger charge is -1.99. The fourth-order valence-corrected chi connectivity index (χ4v) is 2.38. The van der Waals surface area contributed by atoms with Crippen LogP contribution in [0.4, 0.5) is 4.39 Å². The molecule has 3 rings (SSSR count).